The van der Waals surface area contributed by atoms with Crippen LogP contribution in [-0.2, 0) is 16.1 Å². The predicted octanol–water partition coefficient (Wildman–Crippen LogP) is 1.61. The second kappa shape index (κ2) is 4.33. The molecule has 3 heterocycles. The maximum Gasteiger partial charge on any atom is 0.231 e. The fraction of sp³-hybridized carbons (Fsp3) is 0.471. The minimum absolute atomic E-state index is 0.148. The third-order valence-electron chi connectivity index (χ3n) is 5.33. The van der Waals surface area contributed by atoms with E-state index in [0.29, 0.717) is 0 Å². The van der Waals surface area contributed by atoms with Gasteiger partial charge in [-0.3, -0.25) is 9.69 Å². The van der Waals surface area contributed by atoms with Gasteiger partial charge in [-0.25, -0.2) is 0 Å². The van der Waals surface area contributed by atoms with E-state index >= 15 is 0 Å². The lowest BCUT2D eigenvalue weighted by molar-refractivity contribution is -0.130. The van der Waals surface area contributed by atoms with Crippen LogP contribution in [0.3, 0.4) is 0 Å². The Labute approximate surface area is 128 Å². The molecule has 0 bridgehead atoms. The van der Waals surface area contributed by atoms with Crippen LogP contribution in [0.4, 0.5) is 0 Å². The molecule has 4 aliphatic rings. The molecule has 3 aliphatic heterocycles. The quantitative estimate of drug-likeness (QED) is 0.737. The maximum absolute atomic E-state index is 12.9. The van der Waals surface area contributed by atoms with Gasteiger partial charge in [-0.2, -0.15) is 0 Å². The van der Waals surface area contributed by atoms with E-state index in [4.69, 9.17) is 14.2 Å². The van der Waals surface area contributed by atoms with Crippen molar-refractivity contribution in [3.05, 3.63) is 34.9 Å². The van der Waals surface area contributed by atoms with Gasteiger partial charge in [0.05, 0.1) is 5.92 Å². The molecule has 0 spiro atoms. The molecule has 0 radical (unpaired) electrons. The molecule has 0 N–H and O–H groups in total. The first-order valence-electron chi connectivity index (χ1n) is 7.70. The maximum atomic E-state index is 12.9. The first-order valence-corrected chi connectivity index (χ1v) is 7.70. The smallest absolute Gasteiger partial charge is 0.231 e. The summed E-state index contributed by atoms with van der Waals surface area (Å²) < 4.78 is 16.4. The monoisotopic (exact) mass is 299 g/mol. The Morgan fingerprint density at radius 3 is 2.91 bits per heavy atom. The summed E-state index contributed by atoms with van der Waals surface area (Å²) in [6.45, 7) is 2.13. The van der Waals surface area contributed by atoms with E-state index in [0.717, 1.165) is 36.6 Å². The zero-order valence-corrected chi connectivity index (χ0v) is 12.4. The molecule has 0 aromatic heterocycles. The van der Waals surface area contributed by atoms with Crippen molar-refractivity contribution in [3.8, 4) is 11.5 Å². The minimum atomic E-state index is -0.424. The highest BCUT2D eigenvalue weighted by Crippen LogP contribution is 2.48. The Balaban J connectivity index is 1.69. The first kappa shape index (κ1) is 12.7. The molecule has 1 saturated heterocycles. The molecule has 0 unspecified atom stereocenters. The summed E-state index contributed by atoms with van der Waals surface area (Å²) in [5.74, 6) is 1.55. The number of fused-ring (bicyclic) bond motifs is 3. The van der Waals surface area contributed by atoms with Crippen LogP contribution in [0.5, 0.6) is 11.5 Å². The van der Waals surface area contributed by atoms with Crippen LogP contribution < -0.4 is 9.47 Å². The third-order valence-corrected chi connectivity index (χ3v) is 5.33. The average molecular weight is 299 g/mol. The molecule has 5 nitrogen and oxygen atoms in total. The molecular weight excluding hydrogens is 282 g/mol. The van der Waals surface area contributed by atoms with E-state index in [9.17, 15) is 4.79 Å². The zero-order chi connectivity index (χ0) is 14.8. The van der Waals surface area contributed by atoms with Crippen molar-refractivity contribution >= 4 is 5.78 Å². The number of rotatable bonds is 1. The van der Waals surface area contributed by atoms with Crippen molar-refractivity contribution in [1.29, 1.82) is 0 Å². The third kappa shape index (κ3) is 1.53. The summed E-state index contributed by atoms with van der Waals surface area (Å²) in [6, 6.07) is 4.25. The van der Waals surface area contributed by atoms with Crippen LogP contribution in [-0.4, -0.2) is 43.3 Å². The van der Waals surface area contributed by atoms with Gasteiger partial charge in [0.15, 0.2) is 17.3 Å². The van der Waals surface area contributed by atoms with Gasteiger partial charge in [0.2, 0.25) is 6.79 Å². The molecule has 22 heavy (non-hydrogen) atoms. The summed E-state index contributed by atoms with van der Waals surface area (Å²) in [5, 5.41) is 0. The number of methoxy groups -OCH3 is 1. The lowest BCUT2D eigenvalue weighted by Gasteiger charge is -2.41. The van der Waals surface area contributed by atoms with Gasteiger partial charge >= 0.3 is 0 Å². The molecule has 0 saturated carbocycles. The second-order valence-corrected chi connectivity index (χ2v) is 6.35. The zero-order valence-electron chi connectivity index (χ0n) is 12.4. The van der Waals surface area contributed by atoms with Crippen LogP contribution in [0.1, 0.15) is 23.5 Å². The first-order chi connectivity index (χ1) is 10.8. The molecular formula is C17H17NO4. The number of hydrogen-bond acceptors (Lipinski definition) is 5. The highest BCUT2D eigenvalue weighted by Gasteiger charge is 2.49. The van der Waals surface area contributed by atoms with E-state index in [2.05, 4.69) is 4.90 Å². The Hall–Kier alpha value is -1.85. The van der Waals surface area contributed by atoms with E-state index in [1.807, 2.05) is 18.2 Å². The summed E-state index contributed by atoms with van der Waals surface area (Å²) in [5.41, 5.74) is 3.61. The van der Waals surface area contributed by atoms with E-state index < -0.39 is 6.10 Å². The number of Topliss-reactive ketones (excluding diaryl/α,β-unsaturated/α-hetero) is 1. The molecule has 5 rings (SSSR count). The number of carbonyl (C=O) groups excluding carboxylic acids is 1. The van der Waals surface area contributed by atoms with Gasteiger partial charge in [-0.15, -0.1) is 0 Å². The standard InChI is InChI=1S/C17H17NO4/c1-20-14-4-9-2-3-18-7-10-5-12-13(22-8-21-12)6-11(10)15(16(9)18)17(14)19/h4-6,14-16H,2-3,7-8H2,1H3/t14-,15-,16+/m0/s1. The van der Waals surface area contributed by atoms with Gasteiger partial charge in [0, 0.05) is 26.2 Å². The van der Waals surface area contributed by atoms with Crippen LogP contribution in [0, 0.1) is 0 Å². The van der Waals surface area contributed by atoms with Gasteiger partial charge in [-0.05, 0) is 35.8 Å². The van der Waals surface area contributed by atoms with Crippen LogP contribution in [0.25, 0.3) is 0 Å². The Morgan fingerprint density at radius 1 is 1.27 bits per heavy atom. The van der Waals surface area contributed by atoms with E-state index in [1.54, 1.807) is 7.11 Å². The van der Waals surface area contributed by atoms with Gasteiger partial charge < -0.3 is 14.2 Å². The van der Waals surface area contributed by atoms with Crippen molar-refractivity contribution in [3.63, 3.8) is 0 Å². The van der Waals surface area contributed by atoms with Gasteiger partial charge in [-0.1, -0.05) is 5.57 Å². The molecule has 3 atom stereocenters. The molecule has 1 aromatic carbocycles. The van der Waals surface area contributed by atoms with Crippen LogP contribution >= 0.6 is 0 Å². The fourth-order valence-electron chi connectivity index (χ4n) is 4.34. The summed E-state index contributed by atoms with van der Waals surface area (Å²) in [6.07, 6.45) is 2.63. The number of nitrogens with zero attached hydrogens (tertiary/aromatic N) is 1. The normalized spacial score (nSPS) is 31.8. The summed E-state index contributed by atoms with van der Waals surface area (Å²) in [7, 11) is 1.61. The highest BCUT2D eigenvalue weighted by atomic mass is 16.7. The van der Waals surface area contributed by atoms with Gasteiger partial charge in [0.1, 0.15) is 6.10 Å². The minimum Gasteiger partial charge on any atom is -0.454 e. The van der Waals surface area contributed by atoms with Gasteiger partial charge in [0.25, 0.3) is 0 Å². The van der Waals surface area contributed by atoms with Crippen LogP contribution in [0.15, 0.2) is 23.8 Å². The summed E-state index contributed by atoms with van der Waals surface area (Å²) >= 11 is 0. The Morgan fingerprint density at radius 2 is 2.09 bits per heavy atom. The van der Waals surface area contributed by atoms with Crippen molar-refractivity contribution in [2.45, 2.75) is 31.0 Å². The molecule has 1 fully saturated rings. The predicted molar refractivity (Wildman–Crippen MR) is 78.0 cm³/mol. The number of ether oxygens (including phenoxy) is 3. The molecule has 114 valence electrons. The second-order valence-electron chi connectivity index (χ2n) is 6.35. The number of benzene rings is 1. The fourth-order valence-corrected chi connectivity index (χ4v) is 4.34. The van der Waals surface area contributed by atoms with Crippen molar-refractivity contribution < 1.29 is 19.0 Å². The van der Waals surface area contributed by atoms with E-state index in [-0.39, 0.29) is 24.5 Å². The number of hydrogen-bond donors (Lipinski definition) is 0. The lowest BCUT2D eigenvalue weighted by atomic mass is 9.74. The Kier molecular flexibility index (Phi) is 2.50. The Bertz CT molecular complexity index is 711. The molecule has 0 amide bonds. The van der Waals surface area contributed by atoms with Crippen molar-refractivity contribution in [2.24, 2.45) is 0 Å². The largest absolute Gasteiger partial charge is 0.454 e. The topological polar surface area (TPSA) is 48.0 Å². The van der Waals surface area contributed by atoms with Crippen molar-refractivity contribution in [2.75, 3.05) is 20.4 Å². The molecule has 1 aromatic rings. The molecule has 5 heteroatoms. The van der Waals surface area contributed by atoms with Crippen molar-refractivity contribution in [1.82, 2.24) is 4.90 Å². The highest BCUT2D eigenvalue weighted by molar-refractivity contribution is 5.95. The average Bonchev–Trinajstić information content (AvgIpc) is 3.14. The summed E-state index contributed by atoms with van der Waals surface area (Å²) in [4.78, 5) is 15.3. The number of carbonyl (C=O) groups is 1. The lowest BCUT2D eigenvalue weighted by Crippen LogP contribution is -2.48. The van der Waals surface area contributed by atoms with E-state index in [1.165, 1.54) is 11.1 Å². The number of ketones is 1. The van der Waals surface area contributed by atoms with Crippen LogP contribution in [0.2, 0.25) is 0 Å². The SMILES string of the molecule is CO[C@H]1C=C2CCN3Cc4cc5c(cc4[C@H](C1=O)[C@@H]23)OCO5. The molecule has 1 aliphatic carbocycles.